The predicted molar refractivity (Wildman–Crippen MR) is 122 cm³/mol. The molecule has 3 aromatic carbocycles. The number of hydrogen-bond acceptors (Lipinski definition) is 4. The second-order valence-corrected chi connectivity index (χ2v) is 7.50. The zero-order valence-corrected chi connectivity index (χ0v) is 18.5. The summed E-state index contributed by atoms with van der Waals surface area (Å²) in [6.07, 6.45) is 2.47. The number of benzene rings is 3. The van der Waals surface area contributed by atoms with Crippen molar-refractivity contribution in [2.45, 2.75) is 40.0 Å². The van der Waals surface area contributed by atoms with E-state index in [1.165, 1.54) is 18.1 Å². The number of carbonyl (C=O) groups excluding carboxylic acids is 2. The molecule has 0 N–H and O–H groups in total. The first kappa shape index (κ1) is 22.3. The normalized spacial score (nSPS) is 10.6. The van der Waals surface area contributed by atoms with E-state index in [4.69, 9.17) is 9.47 Å². The van der Waals surface area contributed by atoms with Gasteiger partial charge in [0.15, 0.2) is 5.78 Å². The van der Waals surface area contributed by atoms with Gasteiger partial charge in [0, 0.05) is 5.56 Å². The number of methoxy groups -OCH3 is 1. The number of esters is 1. The van der Waals surface area contributed by atoms with Crippen LogP contribution in [0.25, 0.3) is 0 Å². The van der Waals surface area contributed by atoms with Crippen LogP contribution in [0.4, 0.5) is 0 Å². The Morgan fingerprint density at radius 1 is 0.742 bits per heavy atom. The van der Waals surface area contributed by atoms with Gasteiger partial charge >= 0.3 is 5.97 Å². The fourth-order valence-electron chi connectivity index (χ4n) is 3.57. The molecule has 31 heavy (non-hydrogen) atoms. The van der Waals surface area contributed by atoms with E-state index in [0.717, 1.165) is 36.1 Å². The molecule has 0 unspecified atom stereocenters. The SMILES string of the molecule is CCc1cc(Cc2ccc(OC(=O)c3ccc(C(C)=O)cc3)c(CC)c2)ccc1OC. The average Bonchev–Trinajstić information content (AvgIpc) is 2.79. The highest BCUT2D eigenvalue weighted by atomic mass is 16.5. The Morgan fingerprint density at radius 3 is 1.77 bits per heavy atom. The smallest absolute Gasteiger partial charge is 0.343 e. The number of carbonyl (C=O) groups is 2. The molecule has 160 valence electrons. The Bertz CT molecular complexity index is 1080. The topological polar surface area (TPSA) is 52.6 Å². The third-order valence-electron chi connectivity index (χ3n) is 5.37. The van der Waals surface area contributed by atoms with Crippen LogP contribution < -0.4 is 9.47 Å². The number of hydrogen-bond donors (Lipinski definition) is 0. The minimum atomic E-state index is -0.430. The van der Waals surface area contributed by atoms with Crippen LogP contribution in [0.1, 0.15) is 63.7 Å². The molecule has 0 saturated heterocycles. The molecule has 4 nitrogen and oxygen atoms in total. The highest BCUT2D eigenvalue weighted by molar-refractivity contribution is 5.96. The molecule has 0 bridgehead atoms. The van der Waals surface area contributed by atoms with E-state index in [9.17, 15) is 9.59 Å². The Hall–Kier alpha value is -3.40. The number of Topliss-reactive ketones (excluding diaryl/α,β-unsaturated/α-hetero) is 1. The molecule has 0 atom stereocenters. The van der Waals surface area contributed by atoms with Gasteiger partial charge in [-0.3, -0.25) is 4.79 Å². The quantitative estimate of drug-likeness (QED) is 0.263. The maximum absolute atomic E-state index is 12.6. The lowest BCUT2D eigenvalue weighted by Crippen LogP contribution is -2.10. The molecule has 0 spiro atoms. The number of rotatable bonds is 8. The Labute approximate surface area is 183 Å². The molecule has 4 heteroatoms. The molecule has 0 aliphatic carbocycles. The number of ketones is 1. The minimum Gasteiger partial charge on any atom is -0.496 e. The molecule has 3 aromatic rings. The van der Waals surface area contributed by atoms with Gasteiger partial charge in [0.1, 0.15) is 11.5 Å². The third-order valence-corrected chi connectivity index (χ3v) is 5.37. The molecule has 0 aromatic heterocycles. The highest BCUT2D eigenvalue weighted by Crippen LogP contribution is 2.26. The Kier molecular flexibility index (Phi) is 7.24. The van der Waals surface area contributed by atoms with Crippen LogP contribution in [0.3, 0.4) is 0 Å². The van der Waals surface area contributed by atoms with Crippen LogP contribution in [-0.4, -0.2) is 18.9 Å². The van der Waals surface area contributed by atoms with E-state index >= 15 is 0 Å². The van der Waals surface area contributed by atoms with Crippen molar-refractivity contribution >= 4 is 11.8 Å². The average molecular weight is 417 g/mol. The van der Waals surface area contributed by atoms with Crippen molar-refractivity contribution in [1.82, 2.24) is 0 Å². The molecule has 0 heterocycles. The number of ether oxygens (including phenoxy) is 2. The molecular weight excluding hydrogens is 388 g/mol. The molecule has 0 radical (unpaired) electrons. The van der Waals surface area contributed by atoms with Gasteiger partial charge in [0.25, 0.3) is 0 Å². The molecule has 0 aliphatic rings. The summed E-state index contributed by atoms with van der Waals surface area (Å²) in [7, 11) is 1.69. The summed E-state index contributed by atoms with van der Waals surface area (Å²) >= 11 is 0. The first-order chi connectivity index (χ1) is 14.9. The second-order valence-electron chi connectivity index (χ2n) is 7.50. The molecule has 0 saturated carbocycles. The zero-order chi connectivity index (χ0) is 22.4. The first-order valence-electron chi connectivity index (χ1n) is 10.6. The van der Waals surface area contributed by atoms with Crippen molar-refractivity contribution < 1.29 is 19.1 Å². The van der Waals surface area contributed by atoms with Crippen LogP contribution in [0.5, 0.6) is 11.5 Å². The first-order valence-corrected chi connectivity index (χ1v) is 10.6. The van der Waals surface area contributed by atoms with E-state index in [0.29, 0.717) is 16.9 Å². The van der Waals surface area contributed by atoms with E-state index in [1.54, 1.807) is 31.4 Å². The van der Waals surface area contributed by atoms with Gasteiger partial charge in [0.2, 0.25) is 0 Å². The van der Waals surface area contributed by atoms with E-state index in [2.05, 4.69) is 25.1 Å². The molecule has 0 aliphatic heterocycles. The highest BCUT2D eigenvalue weighted by Gasteiger charge is 2.13. The Morgan fingerprint density at radius 2 is 1.26 bits per heavy atom. The van der Waals surface area contributed by atoms with E-state index < -0.39 is 5.97 Å². The van der Waals surface area contributed by atoms with Crippen LogP contribution in [-0.2, 0) is 19.3 Å². The van der Waals surface area contributed by atoms with E-state index in [-0.39, 0.29) is 5.78 Å². The van der Waals surface area contributed by atoms with Gasteiger partial charge in [-0.05, 0) is 72.7 Å². The third kappa shape index (κ3) is 5.40. The summed E-state index contributed by atoms with van der Waals surface area (Å²) < 4.78 is 11.1. The monoisotopic (exact) mass is 416 g/mol. The van der Waals surface area contributed by atoms with Crippen molar-refractivity contribution in [2.24, 2.45) is 0 Å². The second kappa shape index (κ2) is 10.1. The molecular formula is C27H28O4. The van der Waals surface area contributed by atoms with Gasteiger partial charge in [-0.2, -0.15) is 0 Å². The summed E-state index contributed by atoms with van der Waals surface area (Å²) in [5.41, 5.74) is 5.54. The van der Waals surface area contributed by atoms with E-state index in [1.807, 2.05) is 25.1 Å². The van der Waals surface area contributed by atoms with Gasteiger partial charge in [0.05, 0.1) is 12.7 Å². The van der Waals surface area contributed by atoms with Crippen LogP contribution in [0, 0.1) is 0 Å². The van der Waals surface area contributed by atoms with Crippen molar-refractivity contribution in [2.75, 3.05) is 7.11 Å². The maximum Gasteiger partial charge on any atom is 0.343 e. The van der Waals surface area contributed by atoms with Crippen LogP contribution in [0.15, 0.2) is 60.7 Å². The molecule has 3 rings (SSSR count). The van der Waals surface area contributed by atoms with Gasteiger partial charge in [-0.25, -0.2) is 4.79 Å². The van der Waals surface area contributed by atoms with Crippen LogP contribution in [0.2, 0.25) is 0 Å². The minimum absolute atomic E-state index is 0.0355. The van der Waals surface area contributed by atoms with Crippen molar-refractivity contribution in [3.05, 3.63) is 94.0 Å². The lowest BCUT2D eigenvalue weighted by Gasteiger charge is -2.13. The van der Waals surface area contributed by atoms with Gasteiger partial charge < -0.3 is 9.47 Å². The molecule has 0 fully saturated rings. The lowest BCUT2D eigenvalue weighted by molar-refractivity contribution is 0.0732. The summed E-state index contributed by atoms with van der Waals surface area (Å²) in [5, 5.41) is 0. The van der Waals surface area contributed by atoms with Crippen molar-refractivity contribution in [3.8, 4) is 11.5 Å². The van der Waals surface area contributed by atoms with Crippen molar-refractivity contribution in [1.29, 1.82) is 0 Å². The summed E-state index contributed by atoms with van der Waals surface area (Å²) in [5.74, 6) is 1.02. The number of aryl methyl sites for hydroxylation is 2. The van der Waals surface area contributed by atoms with Crippen LogP contribution >= 0.6 is 0 Å². The Balaban J connectivity index is 1.76. The maximum atomic E-state index is 12.6. The fraction of sp³-hybridized carbons (Fsp3) is 0.259. The molecule has 0 amide bonds. The standard InChI is InChI=1S/C27H28O4/c1-5-21-16-19(7-13-25(21)30-4)15-20-8-14-26(22(6-2)17-20)31-27(29)24-11-9-23(10-12-24)18(3)28/h7-14,16-17H,5-6,15H2,1-4H3. The zero-order valence-electron chi connectivity index (χ0n) is 18.5. The largest absolute Gasteiger partial charge is 0.496 e. The predicted octanol–water partition coefficient (Wildman–Crippen LogP) is 5.83. The fourth-order valence-corrected chi connectivity index (χ4v) is 3.57. The summed E-state index contributed by atoms with van der Waals surface area (Å²) in [6, 6.07) is 18.8. The van der Waals surface area contributed by atoms with Gasteiger partial charge in [-0.1, -0.05) is 50.2 Å². The summed E-state index contributed by atoms with van der Waals surface area (Å²) in [4.78, 5) is 24.0. The van der Waals surface area contributed by atoms with Gasteiger partial charge in [-0.15, -0.1) is 0 Å². The summed E-state index contributed by atoms with van der Waals surface area (Å²) in [6.45, 7) is 5.66. The lowest BCUT2D eigenvalue weighted by atomic mass is 9.99. The van der Waals surface area contributed by atoms with Crippen molar-refractivity contribution in [3.63, 3.8) is 0 Å².